The van der Waals surface area contributed by atoms with Crippen LogP contribution in [-0.2, 0) is 11.2 Å². The van der Waals surface area contributed by atoms with Gasteiger partial charge in [-0.3, -0.25) is 4.79 Å². The summed E-state index contributed by atoms with van der Waals surface area (Å²) in [6.45, 7) is 7.81. The molecule has 1 amide bonds. The van der Waals surface area contributed by atoms with Crippen molar-refractivity contribution in [3.8, 4) is 0 Å². The zero-order valence-corrected chi connectivity index (χ0v) is 10.3. The van der Waals surface area contributed by atoms with E-state index < -0.39 is 5.54 Å². The van der Waals surface area contributed by atoms with E-state index in [1.54, 1.807) is 6.92 Å². The molecule has 0 aliphatic rings. The Morgan fingerprint density at radius 3 is 2.56 bits per heavy atom. The molecule has 0 aromatic carbocycles. The van der Waals surface area contributed by atoms with Crippen LogP contribution in [0.2, 0.25) is 0 Å². The predicted molar refractivity (Wildman–Crippen MR) is 61.0 cm³/mol. The first-order valence-corrected chi connectivity index (χ1v) is 5.27. The fraction of sp³-hybridized carbons (Fsp3) is 0.636. The molecule has 0 bridgehead atoms. The first kappa shape index (κ1) is 12.7. The number of rotatable bonds is 4. The molecule has 0 unspecified atom stereocenters. The van der Waals surface area contributed by atoms with Gasteiger partial charge in [-0.15, -0.1) is 0 Å². The molecule has 0 saturated carbocycles. The third-order valence-corrected chi connectivity index (χ3v) is 2.26. The van der Waals surface area contributed by atoms with Crippen molar-refractivity contribution in [2.75, 3.05) is 6.54 Å². The van der Waals surface area contributed by atoms with Gasteiger partial charge < -0.3 is 15.6 Å². The van der Waals surface area contributed by atoms with Crippen LogP contribution in [0.4, 0.5) is 0 Å². The summed E-state index contributed by atoms with van der Waals surface area (Å²) in [5, 5.41) is 6.58. The number of aryl methyl sites for hydroxylation is 2. The van der Waals surface area contributed by atoms with E-state index >= 15 is 0 Å². The summed E-state index contributed by atoms with van der Waals surface area (Å²) >= 11 is 0. The van der Waals surface area contributed by atoms with E-state index in [1.165, 1.54) is 0 Å². The van der Waals surface area contributed by atoms with Gasteiger partial charge >= 0.3 is 0 Å². The van der Waals surface area contributed by atoms with Crippen molar-refractivity contribution in [2.24, 2.45) is 5.73 Å². The highest BCUT2D eigenvalue weighted by atomic mass is 16.5. The quantitative estimate of drug-likeness (QED) is 0.789. The Morgan fingerprint density at radius 2 is 2.12 bits per heavy atom. The lowest BCUT2D eigenvalue weighted by Crippen LogP contribution is -2.45. The van der Waals surface area contributed by atoms with E-state index in [9.17, 15) is 4.79 Å². The smallest absolute Gasteiger partial charge is 0.224 e. The summed E-state index contributed by atoms with van der Waals surface area (Å²) in [6.07, 6.45) is 0.289. The molecular weight excluding hydrogens is 206 g/mol. The van der Waals surface area contributed by atoms with Crippen LogP contribution in [0, 0.1) is 13.8 Å². The van der Waals surface area contributed by atoms with E-state index in [-0.39, 0.29) is 12.3 Å². The van der Waals surface area contributed by atoms with Crippen molar-refractivity contribution < 1.29 is 9.32 Å². The summed E-state index contributed by atoms with van der Waals surface area (Å²) in [4.78, 5) is 11.6. The number of hydrogen-bond acceptors (Lipinski definition) is 4. The third kappa shape index (κ3) is 3.66. The van der Waals surface area contributed by atoms with Crippen LogP contribution in [-0.4, -0.2) is 23.1 Å². The maximum absolute atomic E-state index is 11.6. The molecule has 0 aliphatic carbocycles. The second kappa shape index (κ2) is 4.65. The average Bonchev–Trinajstić information content (AvgIpc) is 2.45. The zero-order valence-electron chi connectivity index (χ0n) is 10.3. The molecule has 0 spiro atoms. The van der Waals surface area contributed by atoms with E-state index in [1.807, 2.05) is 20.8 Å². The summed E-state index contributed by atoms with van der Waals surface area (Å²) in [6, 6.07) is 0. The van der Waals surface area contributed by atoms with Crippen LogP contribution >= 0.6 is 0 Å². The third-order valence-electron chi connectivity index (χ3n) is 2.26. The maximum Gasteiger partial charge on any atom is 0.224 e. The van der Waals surface area contributed by atoms with Crippen molar-refractivity contribution >= 4 is 5.91 Å². The van der Waals surface area contributed by atoms with Crippen LogP contribution in [0.1, 0.15) is 30.9 Å². The van der Waals surface area contributed by atoms with Gasteiger partial charge in [-0.05, 0) is 27.7 Å². The average molecular weight is 225 g/mol. The minimum Gasteiger partial charge on any atom is -0.361 e. The Morgan fingerprint density at radius 1 is 1.50 bits per heavy atom. The van der Waals surface area contributed by atoms with E-state index in [0.717, 1.165) is 11.3 Å². The van der Waals surface area contributed by atoms with Gasteiger partial charge in [0.2, 0.25) is 5.91 Å². The molecule has 0 atom stereocenters. The number of amides is 1. The lowest BCUT2D eigenvalue weighted by atomic mass is 10.1. The van der Waals surface area contributed by atoms with Crippen molar-refractivity contribution in [3.63, 3.8) is 0 Å². The fourth-order valence-corrected chi connectivity index (χ4v) is 1.30. The van der Waals surface area contributed by atoms with Gasteiger partial charge in [-0.2, -0.15) is 0 Å². The van der Waals surface area contributed by atoms with Crippen molar-refractivity contribution in [2.45, 2.75) is 39.7 Å². The molecule has 3 N–H and O–H groups in total. The molecule has 16 heavy (non-hydrogen) atoms. The SMILES string of the molecule is Cc1noc(C)c1CC(=O)NCC(C)(C)N. The Balaban J connectivity index is 2.53. The summed E-state index contributed by atoms with van der Waals surface area (Å²) in [5.74, 6) is 0.632. The second-order valence-electron chi connectivity index (χ2n) is 4.74. The standard InChI is InChI=1S/C11H19N3O2/c1-7-9(8(2)16-14-7)5-10(15)13-6-11(3,4)12/h5-6,12H2,1-4H3,(H,13,15). The lowest BCUT2D eigenvalue weighted by molar-refractivity contribution is -0.120. The fourth-order valence-electron chi connectivity index (χ4n) is 1.30. The Bertz CT molecular complexity index is 358. The number of carbonyl (C=O) groups is 1. The molecule has 1 aromatic rings. The minimum atomic E-state index is -0.394. The van der Waals surface area contributed by atoms with Crippen molar-refractivity contribution in [1.82, 2.24) is 10.5 Å². The molecular formula is C11H19N3O2. The Hall–Kier alpha value is -1.36. The lowest BCUT2D eigenvalue weighted by Gasteiger charge is -2.18. The highest BCUT2D eigenvalue weighted by Gasteiger charge is 2.16. The highest BCUT2D eigenvalue weighted by molar-refractivity contribution is 5.79. The van der Waals surface area contributed by atoms with Gasteiger partial charge in [0.05, 0.1) is 12.1 Å². The summed E-state index contributed by atoms with van der Waals surface area (Å²) < 4.78 is 4.99. The van der Waals surface area contributed by atoms with Gasteiger partial charge in [0.15, 0.2) is 0 Å². The molecule has 90 valence electrons. The topological polar surface area (TPSA) is 81.2 Å². The maximum atomic E-state index is 11.6. The Kier molecular flexibility index (Phi) is 3.70. The molecule has 5 heteroatoms. The molecule has 1 aromatic heterocycles. The highest BCUT2D eigenvalue weighted by Crippen LogP contribution is 2.12. The molecule has 1 heterocycles. The van der Waals surface area contributed by atoms with Crippen molar-refractivity contribution in [1.29, 1.82) is 0 Å². The van der Waals surface area contributed by atoms with Crippen LogP contribution < -0.4 is 11.1 Å². The monoisotopic (exact) mass is 225 g/mol. The number of nitrogens with zero attached hydrogens (tertiary/aromatic N) is 1. The van der Waals surface area contributed by atoms with Crippen molar-refractivity contribution in [3.05, 3.63) is 17.0 Å². The van der Waals surface area contributed by atoms with Crippen LogP contribution in [0.15, 0.2) is 4.52 Å². The van der Waals surface area contributed by atoms with Gasteiger partial charge in [0.25, 0.3) is 0 Å². The van der Waals surface area contributed by atoms with E-state index in [4.69, 9.17) is 10.3 Å². The molecule has 0 fully saturated rings. The van der Waals surface area contributed by atoms with E-state index in [0.29, 0.717) is 12.3 Å². The van der Waals surface area contributed by atoms with Crippen LogP contribution in [0.5, 0.6) is 0 Å². The molecule has 0 aliphatic heterocycles. The summed E-state index contributed by atoms with van der Waals surface area (Å²) in [5.41, 5.74) is 6.99. The van der Waals surface area contributed by atoms with Gasteiger partial charge in [0, 0.05) is 17.6 Å². The molecule has 0 saturated heterocycles. The summed E-state index contributed by atoms with van der Waals surface area (Å²) in [7, 11) is 0. The second-order valence-corrected chi connectivity index (χ2v) is 4.74. The van der Waals surface area contributed by atoms with Gasteiger partial charge in [0.1, 0.15) is 5.76 Å². The van der Waals surface area contributed by atoms with Crippen LogP contribution in [0.25, 0.3) is 0 Å². The number of hydrogen-bond donors (Lipinski definition) is 2. The zero-order chi connectivity index (χ0) is 12.3. The largest absolute Gasteiger partial charge is 0.361 e. The first-order valence-electron chi connectivity index (χ1n) is 5.27. The number of nitrogens with one attached hydrogen (secondary N) is 1. The predicted octanol–water partition coefficient (Wildman–Crippen LogP) is 0.687. The molecule has 0 radical (unpaired) electrons. The number of nitrogens with two attached hydrogens (primary N) is 1. The van der Waals surface area contributed by atoms with Gasteiger partial charge in [-0.1, -0.05) is 5.16 Å². The number of aromatic nitrogens is 1. The normalized spacial score (nSPS) is 11.6. The van der Waals surface area contributed by atoms with Crippen LogP contribution in [0.3, 0.4) is 0 Å². The van der Waals surface area contributed by atoms with Gasteiger partial charge in [-0.25, -0.2) is 0 Å². The van der Waals surface area contributed by atoms with E-state index in [2.05, 4.69) is 10.5 Å². The number of carbonyl (C=O) groups excluding carboxylic acids is 1. The molecule has 1 rings (SSSR count). The first-order chi connectivity index (χ1) is 7.29. The Labute approximate surface area is 95.4 Å². The minimum absolute atomic E-state index is 0.0621. The molecule has 5 nitrogen and oxygen atoms in total.